The van der Waals surface area contributed by atoms with Crippen molar-refractivity contribution in [2.45, 2.75) is 33.1 Å². The van der Waals surface area contributed by atoms with Crippen LogP contribution in [-0.2, 0) is 14.3 Å². The highest BCUT2D eigenvalue weighted by Crippen LogP contribution is 2.29. The van der Waals surface area contributed by atoms with Crippen LogP contribution in [0.15, 0.2) is 24.3 Å². The van der Waals surface area contributed by atoms with Crippen molar-refractivity contribution in [2.75, 3.05) is 44.4 Å². The molecule has 0 spiro atoms. The molecular formula is C21H30N2O4. The van der Waals surface area contributed by atoms with Gasteiger partial charge in [-0.3, -0.25) is 9.59 Å². The fraction of sp³-hybridized carbons (Fsp3) is 0.619. The summed E-state index contributed by atoms with van der Waals surface area (Å²) in [7, 11) is 0. The lowest BCUT2D eigenvalue weighted by atomic mass is 9.92. The average Bonchev–Trinajstić information content (AvgIpc) is 2.92. The van der Waals surface area contributed by atoms with E-state index in [1.165, 1.54) is 5.56 Å². The van der Waals surface area contributed by atoms with E-state index in [9.17, 15) is 14.7 Å². The van der Waals surface area contributed by atoms with Gasteiger partial charge in [0.15, 0.2) is 0 Å². The molecule has 2 aliphatic heterocycles. The van der Waals surface area contributed by atoms with Gasteiger partial charge in [0.2, 0.25) is 11.8 Å². The van der Waals surface area contributed by atoms with Crippen molar-refractivity contribution in [1.82, 2.24) is 4.90 Å². The van der Waals surface area contributed by atoms with Crippen LogP contribution in [-0.4, -0.2) is 61.3 Å². The maximum Gasteiger partial charge on any atom is 0.239 e. The third-order valence-electron chi connectivity index (χ3n) is 5.60. The second-order valence-electron chi connectivity index (χ2n) is 8.36. The van der Waals surface area contributed by atoms with E-state index < -0.39 is 11.3 Å². The molecule has 2 fully saturated rings. The standard InChI is InChI=1S/C21H30N2O4/c1-15(2)16-4-6-17(7-5-16)23-9-8-18(20(23)26)19(25)22-10-11-27-14-21(3,12-22)13-24/h4-7,15,18,24H,8-14H2,1-3H3. The van der Waals surface area contributed by atoms with Crippen LogP contribution in [0.25, 0.3) is 0 Å². The molecule has 1 N–H and O–H groups in total. The predicted molar refractivity (Wildman–Crippen MR) is 104 cm³/mol. The molecule has 0 aromatic heterocycles. The van der Waals surface area contributed by atoms with Crippen LogP contribution in [0.1, 0.15) is 38.7 Å². The molecule has 3 rings (SSSR count). The smallest absolute Gasteiger partial charge is 0.239 e. The number of nitrogens with zero attached hydrogens (tertiary/aromatic N) is 2. The molecule has 0 aliphatic carbocycles. The van der Waals surface area contributed by atoms with Gasteiger partial charge in [-0.15, -0.1) is 0 Å². The molecule has 2 saturated heterocycles. The minimum atomic E-state index is -0.643. The third kappa shape index (κ3) is 4.17. The van der Waals surface area contributed by atoms with Gasteiger partial charge in [-0.1, -0.05) is 32.9 Å². The summed E-state index contributed by atoms with van der Waals surface area (Å²) >= 11 is 0. The molecule has 2 unspecified atom stereocenters. The van der Waals surface area contributed by atoms with E-state index in [0.29, 0.717) is 45.2 Å². The van der Waals surface area contributed by atoms with Gasteiger partial charge >= 0.3 is 0 Å². The Kier molecular flexibility index (Phi) is 5.86. The van der Waals surface area contributed by atoms with E-state index in [2.05, 4.69) is 13.8 Å². The number of carbonyl (C=O) groups excluding carboxylic acids is 2. The molecule has 1 aromatic rings. The van der Waals surface area contributed by atoms with E-state index in [4.69, 9.17) is 4.74 Å². The fourth-order valence-corrected chi connectivity index (χ4v) is 3.79. The SMILES string of the molecule is CC(C)c1ccc(N2CCC(C(=O)N3CCOCC(C)(CO)C3)C2=O)cc1. The van der Waals surface area contributed by atoms with E-state index >= 15 is 0 Å². The number of rotatable bonds is 4. The molecular weight excluding hydrogens is 344 g/mol. The molecule has 2 heterocycles. The summed E-state index contributed by atoms with van der Waals surface area (Å²) in [5.41, 5.74) is 1.59. The second-order valence-corrected chi connectivity index (χ2v) is 8.36. The molecule has 27 heavy (non-hydrogen) atoms. The summed E-state index contributed by atoms with van der Waals surface area (Å²) in [6.07, 6.45) is 0.525. The number of aliphatic hydroxyl groups excluding tert-OH is 1. The molecule has 6 nitrogen and oxygen atoms in total. The number of benzene rings is 1. The first-order valence-electron chi connectivity index (χ1n) is 9.73. The molecule has 1 aromatic carbocycles. The monoisotopic (exact) mass is 374 g/mol. The molecule has 0 radical (unpaired) electrons. The maximum absolute atomic E-state index is 13.0. The Balaban J connectivity index is 1.71. The van der Waals surface area contributed by atoms with Crippen LogP contribution >= 0.6 is 0 Å². The van der Waals surface area contributed by atoms with Crippen molar-refractivity contribution >= 4 is 17.5 Å². The van der Waals surface area contributed by atoms with Crippen LogP contribution in [0.5, 0.6) is 0 Å². The van der Waals surface area contributed by atoms with Gasteiger partial charge in [0.1, 0.15) is 5.92 Å². The maximum atomic E-state index is 13.0. The number of aliphatic hydroxyl groups is 1. The molecule has 0 saturated carbocycles. The Bertz CT molecular complexity index is 688. The van der Waals surface area contributed by atoms with Gasteiger partial charge in [-0.05, 0) is 30.0 Å². The molecule has 2 aliphatic rings. The van der Waals surface area contributed by atoms with Crippen LogP contribution in [0.2, 0.25) is 0 Å². The second kappa shape index (κ2) is 7.98. The average molecular weight is 374 g/mol. The Morgan fingerprint density at radius 2 is 2.00 bits per heavy atom. The Labute approximate surface area is 161 Å². The van der Waals surface area contributed by atoms with E-state index in [1.807, 2.05) is 31.2 Å². The first kappa shape index (κ1) is 19.8. The molecule has 6 heteroatoms. The lowest BCUT2D eigenvalue weighted by Gasteiger charge is -2.31. The van der Waals surface area contributed by atoms with Gasteiger partial charge in [0, 0.05) is 30.7 Å². The number of hydrogen-bond donors (Lipinski definition) is 1. The number of anilines is 1. The third-order valence-corrected chi connectivity index (χ3v) is 5.60. The molecule has 148 valence electrons. The quantitative estimate of drug-likeness (QED) is 0.819. The van der Waals surface area contributed by atoms with E-state index in [1.54, 1.807) is 9.80 Å². The number of hydrogen-bond acceptors (Lipinski definition) is 4. The lowest BCUT2D eigenvalue weighted by molar-refractivity contribution is -0.140. The van der Waals surface area contributed by atoms with E-state index in [-0.39, 0.29) is 18.4 Å². The summed E-state index contributed by atoms with van der Waals surface area (Å²) in [4.78, 5) is 29.4. The highest BCUT2D eigenvalue weighted by Gasteiger charge is 2.41. The molecule has 2 atom stereocenters. The van der Waals surface area contributed by atoms with Crippen LogP contribution in [0, 0.1) is 11.3 Å². The largest absolute Gasteiger partial charge is 0.396 e. The van der Waals surface area contributed by atoms with Crippen molar-refractivity contribution in [2.24, 2.45) is 11.3 Å². The normalized spacial score (nSPS) is 26.6. The van der Waals surface area contributed by atoms with Crippen LogP contribution in [0.4, 0.5) is 5.69 Å². The highest BCUT2D eigenvalue weighted by atomic mass is 16.5. The minimum absolute atomic E-state index is 0.0519. The van der Waals surface area contributed by atoms with Gasteiger partial charge in [-0.2, -0.15) is 0 Å². The number of carbonyl (C=O) groups is 2. The fourth-order valence-electron chi connectivity index (χ4n) is 3.79. The molecule has 2 amide bonds. The first-order valence-corrected chi connectivity index (χ1v) is 9.73. The van der Waals surface area contributed by atoms with E-state index in [0.717, 1.165) is 5.69 Å². The van der Waals surface area contributed by atoms with Crippen molar-refractivity contribution in [3.05, 3.63) is 29.8 Å². The topological polar surface area (TPSA) is 70.1 Å². The summed E-state index contributed by atoms with van der Waals surface area (Å²) in [5.74, 6) is -0.482. The molecule has 0 bridgehead atoms. The first-order chi connectivity index (χ1) is 12.8. The zero-order chi connectivity index (χ0) is 19.6. The number of ether oxygens (including phenoxy) is 1. The highest BCUT2D eigenvalue weighted by molar-refractivity contribution is 6.09. The lowest BCUT2D eigenvalue weighted by Crippen LogP contribution is -2.46. The number of amides is 2. The minimum Gasteiger partial charge on any atom is -0.396 e. The summed E-state index contributed by atoms with van der Waals surface area (Å²) in [6, 6.07) is 8.01. The summed E-state index contributed by atoms with van der Waals surface area (Å²) < 4.78 is 5.54. The Morgan fingerprint density at radius 1 is 1.30 bits per heavy atom. The zero-order valence-corrected chi connectivity index (χ0v) is 16.5. The van der Waals surface area contributed by atoms with Crippen molar-refractivity contribution < 1.29 is 19.4 Å². The van der Waals surface area contributed by atoms with Crippen LogP contribution in [0.3, 0.4) is 0 Å². The van der Waals surface area contributed by atoms with Gasteiger partial charge in [0.25, 0.3) is 0 Å². The van der Waals surface area contributed by atoms with Gasteiger partial charge < -0.3 is 19.6 Å². The Morgan fingerprint density at radius 3 is 2.63 bits per heavy atom. The van der Waals surface area contributed by atoms with Crippen molar-refractivity contribution in [1.29, 1.82) is 0 Å². The predicted octanol–water partition coefficient (Wildman–Crippen LogP) is 2.02. The van der Waals surface area contributed by atoms with Crippen molar-refractivity contribution in [3.63, 3.8) is 0 Å². The zero-order valence-electron chi connectivity index (χ0n) is 16.5. The summed E-state index contributed by atoms with van der Waals surface area (Å²) in [6.45, 7) is 8.39. The van der Waals surface area contributed by atoms with Crippen molar-refractivity contribution in [3.8, 4) is 0 Å². The van der Waals surface area contributed by atoms with Gasteiger partial charge in [-0.25, -0.2) is 0 Å². The Hall–Kier alpha value is -1.92. The summed E-state index contributed by atoms with van der Waals surface area (Å²) in [5, 5.41) is 9.65. The van der Waals surface area contributed by atoms with Gasteiger partial charge in [0.05, 0.1) is 19.8 Å². The van der Waals surface area contributed by atoms with Crippen LogP contribution < -0.4 is 4.90 Å².